The average molecular weight is 306 g/mol. The average Bonchev–Trinajstić information content (AvgIpc) is 3.38. The van der Waals surface area contributed by atoms with Crippen LogP contribution >= 0.6 is 0 Å². The number of nitrogens with one attached hydrogen (secondary N) is 2. The van der Waals surface area contributed by atoms with E-state index in [1.165, 1.54) is 12.8 Å². The molecule has 1 aromatic heterocycles. The number of anilines is 1. The van der Waals surface area contributed by atoms with Crippen LogP contribution in [0.2, 0.25) is 0 Å². The van der Waals surface area contributed by atoms with E-state index in [1.54, 1.807) is 6.07 Å². The van der Waals surface area contributed by atoms with Crippen molar-refractivity contribution < 1.29 is 14.3 Å². The van der Waals surface area contributed by atoms with E-state index in [0.717, 1.165) is 31.6 Å². The standard InChI is InChI=1S/C15H22N4O3/c20-15(16-8-10-22-14-3-1-2-9-21-14)17-13-7-6-12(18-19-13)11-4-5-11/h6-7,11,14H,1-5,8-10H2,(H2,16,17,19,20). The summed E-state index contributed by atoms with van der Waals surface area (Å²) in [6.07, 6.45) is 5.41. The van der Waals surface area contributed by atoms with Gasteiger partial charge in [0.05, 0.1) is 12.3 Å². The lowest BCUT2D eigenvalue weighted by Gasteiger charge is -2.22. The number of nitrogens with zero attached hydrogens (tertiary/aromatic N) is 2. The first-order valence-electron chi connectivity index (χ1n) is 7.93. The zero-order chi connectivity index (χ0) is 15.2. The highest BCUT2D eigenvalue weighted by atomic mass is 16.7. The molecule has 1 aliphatic carbocycles. The Morgan fingerprint density at radius 2 is 2.18 bits per heavy atom. The van der Waals surface area contributed by atoms with Crippen LogP contribution in [0.1, 0.15) is 43.7 Å². The summed E-state index contributed by atoms with van der Waals surface area (Å²) >= 11 is 0. The summed E-state index contributed by atoms with van der Waals surface area (Å²) in [7, 11) is 0. The number of hydrogen-bond donors (Lipinski definition) is 2. The minimum Gasteiger partial charge on any atom is -0.353 e. The van der Waals surface area contributed by atoms with Crippen molar-refractivity contribution in [2.75, 3.05) is 25.1 Å². The number of carbonyl (C=O) groups is 1. The van der Waals surface area contributed by atoms with Crippen LogP contribution in [0.15, 0.2) is 12.1 Å². The van der Waals surface area contributed by atoms with Gasteiger partial charge < -0.3 is 14.8 Å². The van der Waals surface area contributed by atoms with Gasteiger partial charge in [0.2, 0.25) is 0 Å². The molecular formula is C15H22N4O3. The van der Waals surface area contributed by atoms with Crippen molar-refractivity contribution in [3.8, 4) is 0 Å². The van der Waals surface area contributed by atoms with E-state index in [9.17, 15) is 4.79 Å². The van der Waals surface area contributed by atoms with Gasteiger partial charge in [0.25, 0.3) is 0 Å². The Morgan fingerprint density at radius 3 is 2.86 bits per heavy atom. The monoisotopic (exact) mass is 306 g/mol. The summed E-state index contributed by atoms with van der Waals surface area (Å²) < 4.78 is 11.0. The molecule has 0 radical (unpaired) electrons. The Kier molecular flexibility index (Phi) is 5.18. The third-order valence-electron chi connectivity index (χ3n) is 3.75. The molecule has 1 aromatic rings. The molecule has 2 aliphatic rings. The van der Waals surface area contributed by atoms with Crippen LogP contribution in [0.3, 0.4) is 0 Å². The van der Waals surface area contributed by atoms with Gasteiger partial charge in [-0.15, -0.1) is 5.10 Å². The molecule has 0 bridgehead atoms. The topological polar surface area (TPSA) is 85.4 Å². The molecule has 2 N–H and O–H groups in total. The summed E-state index contributed by atoms with van der Waals surface area (Å²) in [5.41, 5.74) is 1.01. The maximum atomic E-state index is 11.7. The third-order valence-corrected chi connectivity index (χ3v) is 3.75. The SMILES string of the molecule is O=C(NCCOC1CCCCO1)Nc1ccc(C2CC2)nn1. The normalized spacial score (nSPS) is 21.4. The number of carbonyl (C=O) groups excluding carboxylic acids is 1. The number of urea groups is 1. The van der Waals surface area contributed by atoms with E-state index >= 15 is 0 Å². The van der Waals surface area contributed by atoms with Gasteiger partial charge in [0.1, 0.15) is 0 Å². The fraction of sp³-hybridized carbons (Fsp3) is 0.667. The second kappa shape index (κ2) is 7.51. The highest BCUT2D eigenvalue weighted by Crippen LogP contribution is 2.38. The van der Waals surface area contributed by atoms with Gasteiger partial charge in [0.15, 0.2) is 12.1 Å². The maximum absolute atomic E-state index is 11.7. The van der Waals surface area contributed by atoms with Gasteiger partial charge in [-0.2, -0.15) is 5.10 Å². The van der Waals surface area contributed by atoms with E-state index in [-0.39, 0.29) is 12.3 Å². The van der Waals surface area contributed by atoms with Gasteiger partial charge in [-0.05, 0) is 44.2 Å². The molecule has 1 atom stereocenters. The van der Waals surface area contributed by atoms with E-state index in [0.29, 0.717) is 24.9 Å². The summed E-state index contributed by atoms with van der Waals surface area (Å²) in [4.78, 5) is 11.7. The number of aromatic nitrogens is 2. The molecule has 2 amide bonds. The molecule has 0 aromatic carbocycles. The summed E-state index contributed by atoms with van der Waals surface area (Å²) in [6, 6.07) is 3.40. The lowest BCUT2D eigenvalue weighted by Crippen LogP contribution is -2.33. The van der Waals surface area contributed by atoms with Crippen molar-refractivity contribution in [1.29, 1.82) is 0 Å². The highest BCUT2D eigenvalue weighted by molar-refractivity contribution is 5.88. The van der Waals surface area contributed by atoms with E-state index < -0.39 is 0 Å². The minimum absolute atomic E-state index is 0.126. The zero-order valence-electron chi connectivity index (χ0n) is 12.6. The third kappa shape index (κ3) is 4.64. The van der Waals surface area contributed by atoms with Gasteiger partial charge in [-0.3, -0.25) is 5.32 Å². The van der Waals surface area contributed by atoms with Crippen LogP contribution in [-0.2, 0) is 9.47 Å². The second-order valence-corrected chi connectivity index (χ2v) is 5.67. The quantitative estimate of drug-likeness (QED) is 0.785. The Hall–Kier alpha value is -1.73. The number of hydrogen-bond acceptors (Lipinski definition) is 5. The molecule has 2 fully saturated rings. The molecule has 7 nitrogen and oxygen atoms in total. The summed E-state index contributed by atoms with van der Waals surface area (Å²) in [5, 5.41) is 13.5. The fourth-order valence-corrected chi connectivity index (χ4v) is 2.36. The molecule has 120 valence electrons. The van der Waals surface area contributed by atoms with Crippen LogP contribution in [0.25, 0.3) is 0 Å². The first-order chi connectivity index (χ1) is 10.8. The van der Waals surface area contributed by atoms with Gasteiger partial charge in [-0.1, -0.05) is 0 Å². The van der Waals surface area contributed by atoms with Crippen molar-refractivity contribution in [1.82, 2.24) is 15.5 Å². The van der Waals surface area contributed by atoms with E-state index in [2.05, 4.69) is 20.8 Å². The Morgan fingerprint density at radius 1 is 1.27 bits per heavy atom. The first kappa shape index (κ1) is 15.2. The van der Waals surface area contributed by atoms with Crippen molar-refractivity contribution in [2.45, 2.75) is 44.3 Å². The Labute approximate surface area is 129 Å². The molecule has 1 unspecified atom stereocenters. The molecule has 1 saturated heterocycles. The molecule has 1 aliphatic heterocycles. The second-order valence-electron chi connectivity index (χ2n) is 5.67. The lowest BCUT2D eigenvalue weighted by atomic mass is 10.2. The summed E-state index contributed by atoms with van der Waals surface area (Å²) in [5.74, 6) is 1.02. The number of amides is 2. The van der Waals surface area contributed by atoms with Crippen LogP contribution in [0.4, 0.5) is 10.6 Å². The van der Waals surface area contributed by atoms with Crippen molar-refractivity contribution >= 4 is 11.8 Å². The Bertz CT molecular complexity index is 484. The summed E-state index contributed by atoms with van der Waals surface area (Å²) in [6.45, 7) is 1.62. The van der Waals surface area contributed by atoms with Crippen molar-refractivity contribution in [3.05, 3.63) is 17.8 Å². The van der Waals surface area contributed by atoms with Crippen molar-refractivity contribution in [2.24, 2.45) is 0 Å². The first-order valence-corrected chi connectivity index (χ1v) is 7.93. The smallest absolute Gasteiger partial charge is 0.320 e. The van der Waals surface area contributed by atoms with Gasteiger partial charge in [-0.25, -0.2) is 4.79 Å². The van der Waals surface area contributed by atoms with E-state index in [1.807, 2.05) is 6.07 Å². The number of rotatable bonds is 6. The van der Waals surface area contributed by atoms with Crippen LogP contribution in [0.5, 0.6) is 0 Å². The number of ether oxygens (including phenoxy) is 2. The van der Waals surface area contributed by atoms with Crippen molar-refractivity contribution in [3.63, 3.8) is 0 Å². The zero-order valence-corrected chi connectivity index (χ0v) is 12.6. The molecule has 1 saturated carbocycles. The predicted molar refractivity (Wildman–Crippen MR) is 80.6 cm³/mol. The molecule has 0 spiro atoms. The highest BCUT2D eigenvalue weighted by Gasteiger charge is 2.25. The van der Waals surface area contributed by atoms with Gasteiger partial charge >= 0.3 is 6.03 Å². The van der Waals surface area contributed by atoms with Crippen LogP contribution < -0.4 is 10.6 Å². The molecule has 2 heterocycles. The fourth-order valence-electron chi connectivity index (χ4n) is 2.36. The van der Waals surface area contributed by atoms with E-state index in [4.69, 9.17) is 9.47 Å². The predicted octanol–water partition coefficient (Wildman–Crippen LogP) is 2.02. The van der Waals surface area contributed by atoms with Crippen LogP contribution in [0, 0.1) is 0 Å². The molecule has 7 heteroatoms. The Balaban J connectivity index is 1.31. The molecular weight excluding hydrogens is 284 g/mol. The lowest BCUT2D eigenvalue weighted by molar-refractivity contribution is -0.160. The van der Waals surface area contributed by atoms with Crippen LogP contribution in [-0.4, -0.2) is 42.3 Å². The maximum Gasteiger partial charge on any atom is 0.320 e. The largest absolute Gasteiger partial charge is 0.353 e. The minimum atomic E-state index is -0.304. The molecule has 22 heavy (non-hydrogen) atoms. The van der Waals surface area contributed by atoms with Gasteiger partial charge in [0, 0.05) is 19.1 Å². The molecule has 3 rings (SSSR count).